The van der Waals surface area contributed by atoms with Gasteiger partial charge in [-0.25, -0.2) is 8.78 Å². The van der Waals surface area contributed by atoms with Gasteiger partial charge in [-0.15, -0.1) is 0 Å². The van der Waals surface area contributed by atoms with Crippen molar-refractivity contribution in [2.24, 2.45) is 0 Å². The van der Waals surface area contributed by atoms with Crippen LogP contribution in [0.4, 0.5) is 8.78 Å². The number of methoxy groups -OCH3 is 1. The Balaban J connectivity index is 1.34. The first kappa shape index (κ1) is 21.4. The van der Waals surface area contributed by atoms with E-state index >= 15 is 0 Å². The van der Waals surface area contributed by atoms with Crippen LogP contribution in [-0.2, 0) is 12.8 Å². The summed E-state index contributed by atoms with van der Waals surface area (Å²) in [7, 11) is 1.68. The fraction of sp³-hybridized carbons (Fsp3) is 0.346. The van der Waals surface area contributed by atoms with Crippen LogP contribution in [0.3, 0.4) is 0 Å². The molecule has 3 aromatic rings. The van der Waals surface area contributed by atoms with Crippen molar-refractivity contribution in [1.82, 2.24) is 9.88 Å². The molecule has 0 spiro atoms. The zero-order valence-electron chi connectivity index (χ0n) is 17.9. The van der Waals surface area contributed by atoms with Gasteiger partial charge in [0.2, 0.25) is 0 Å². The van der Waals surface area contributed by atoms with Gasteiger partial charge in [-0.3, -0.25) is 4.98 Å². The molecule has 0 radical (unpaired) electrons. The lowest BCUT2D eigenvalue weighted by Gasteiger charge is -2.32. The molecule has 31 heavy (non-hydrogen) atoms. The normalized spacial score (nSPS) is 16.9. The summed E-state index contributed by atoms with van der Waals surface area (Å²) >= 11 is 0. The van der Waals surface area contributed by atoms with Crippen molar-refractivity contribution in [2.75, 3.05) is 26.7 Å². The number of pyridine rings is 1. The Kier molecular flexibility index (Phi) is 6.92. The van der Waals surface area contributed by atoms with Crippen molar-refractivity contribution < 1.29 is 13.5 Å². The predicted octanol–water partition coefficient (Wildman–Crippen LogP) is 5.38. The van der Waals surface area contributed by atoms with E-state index in [-0.39, 0.29) is 12.0 Å². The number of nitrogens with zero attached hydrogens (tertiary/aromatic N) is 2. The Morgan fingerprint density at radius 2 is 1.74 bits per heavy atom. The van der Waals surface area contributed by atoms with E-state index in [1.165, 1.54) is 23.8 Å². The molecule has 3 nitrogen and oxygen atoms in total. The van der Waals surface area contributed by atoms with Crippen LogP contribution in [0.1, 0.15) is 41.1 Å². The highest BCUT2D eigenvalue weighted by atomic mass is 19.1. The molecule has 4 rings (SSSR count). The van der Waals surface area contributed by atoms with Crippen molar-refractivity contribution >= 4 is 0 Å². The molecule has 1 fully saturated rings. The first-order valence-corrected chi connectivity index (χ1v) is 10.9. The first-order chi connectivity index (χ1) is 15.1. The number of rotatable bonds is 7. The predicted molar refractivity (Wildman–Crippen MR) is 119 cm³/mol. The van der Waals surface area contributed by atoms with Gasteiger partial charge in [0.05, 0.1) is 7.11 Å². The molecule has 1 saturated heterocycles. The summed E-state index contributed by atoms with van der Waals surface area (Å²) in [6, 6.07) is 16.2. The summed E-state index contributed by atoms with van der Waals surface area (Å²) in [6.45, 7) is 3.12. The molecule has 0 unspecified atom stereocenters. The van der Waals surface area contributed by atoms with Gasteiger partial charge in [0.15, 0.2) is 0 Å². The topological polar surface area (TPSA) is 25.4 Å². The summed E-state index contributed by atoms with van der Waals surface area (Å²) in [5, 5.41) is 0. The maximum atomic E-state index is 13.9. The van der Waals surface area contributed by atoms with Gasteiger partial charge in [-0.1, -0.05) is 24.3 Å². The largest absolute Gasteiger partial charge is 0.497 e. The maximum absolute atomic E-state index is 13.9. The second-order valence-corrected chi connectivity index (χ2v) is 8.21. The fourth-order valence-electron chi connectivity index (χ4n) is 4.27. The number of likely N-dealkylation sites (tertiary alicyclic amines) is 1. The number of piperidine rings is 1. The van der Waals surface area contributed by atoms with Crippen LogP contribution in [0, 0.1) is 11.6 Å². The smallest absolute Gasteiger partial charge is 0.129 e. The molecule has 0 saturated carbocycles. The zero-order chi connectivity index (χ0) is 21.6. The molecule has 2 heterocycles. The van der Waals surface area contributed by atoms with Crippen LogP contribution >= 0.6 is 0 Å². The third-order valence-corrected chi connectivity index (χ3v) is 6.09. The quantitative estimate of drug-likeness (QED) is 0.511. The van der Waals surface area contributed by atoms with Crippen LogP contribution in [0.15, 0.2) is 60.8 Å². The van der Waals surface area contributed by atoms with Gasteiger partial charge in [-0.05, 0) is 67.3 Å². The zero-order valence-corrected chi connectivity index (χ0v) is 17.9. The molecule has 5 heteroatoms. The maximum Gasteiger partial charge on any atom is 0.129 e. The molecule has 1 aliphatic heterocycles. The highest BCUT2D eigenvalue weighted by Gasteiger charge is 2.22. The van der Waals surface area contributed by atoms with Crippen LogP contribution < -0.4 is 4.74 Å². The van der Waals surface area contributed by atoms with Crippen LogP contribution in [0.5, 0.6) is 5.75 Å². The summed E-state index contributed by atoms with van der Waals surface area (Å²) < 4.78 is 33.0. The second-order valence-electron chi connectivity index (χ2n) is 8.21. The Labute approximate surface area is 182 Å². The Morgan fingerprint density at radius 1 is 1.00 bits per heavy atom. The molecule has 0 aliphatic carbocycles. The van der Waals surface area contributed by atoms with E-state index in [4.69, 9.17) is 4.74 Å². The van der Waals surface area contributed by atoms with Gasteiger partial charge >= 0.3 is 0 Å². The molecule has 1 aliphatic rings. The first-order valence-electron chi connectivity index (χ1n) is 10.9. The number of halogens is 2. The lowest BCUT2D eigenvalue weighted by molar-refractivity contribution is 0.208. The van der Waals surface area contributed by atoms with Crippen LogP contribution in [0.2, 0.25) is 0 Å². The van der Waals surface area contributed by atoms with Gasteiger partial charge in [0, 0.05) is 42.9 Å². The van der Waals surface area contributed by atoms with Crippen molar-refractivity contribution in [1.29, 1.82) is 0 Å². The van der Waals surface area contributed by atoms with Crippen molar-refractivity contribution in [2.45, 2.75) is 31.6 Å². The molecular weight excluding hydrogens is 394 g/mol. The van der Waals surface area contributed by atoms with Crippen molar-refractivity contribution in [3.05, 3.63) is 94.8 Å². The van der Waals surface area contributed by atoms with E-state index in [0.717, 1.165) is 55.9 Å². The lowest BCUT2D eigenvalue weighted by Crippen LogP contribution is -2.36. The number of benzene rings is 2. The summed E-state index contributed by atoms with van der Waals surface area (Å²) in [5.41, 5.74) is 3.29. The van der Waals surface area contributed by atoms with E-state index < -0.39 is 11.6 Å². The van der Waals surface area contributed by atoms with Crippen molar-refractivity contribution in [3.63, 3.8) is 0 Å². The summed E-state index contributed by atoms with van der Waals surface area (Å²) in [4.78, 5) is 7.15. The van der Waals surface area contributed by atoms with E-state index in [9.17, 15) is 8.78 Å². The minimum Gasteiger partial charge on any atom is -0.497 e. The number of hydrogen-bond donors (Lipinski definition) is 0. The molecule has 2 aromatic carbocycles. The molecule has 1 atom stereocenters. The molecular formula is C26H28F2N2O. The number of aromatic nitrogens is 1. The number of ether oxygens (including phenoxy) is 1. The van der Waals surface area contributed by atoms with E-state index in [1.807, 2.05) is 24.3 Å². The molecule has 0 amide bonds. The van der Waals surface area contributed by atoms with Gasteiger partial charge in [-0.2, -0.15) is 0 Å². The van der Waals surface area contributed by atoms with Crippen LogP contribution in [0.25, 0.3) is 0 Å². The Bertz CT molecular complexity index is 969. The third kappa shape index (κ3) is 5.47. The van der Waals surface area contributed by atoms with Gasteiger partial charge < -0.3 is 9.64 Å². The molecule has 1 aromatic heterocycles. The SMILES string of the molecule is COc1ccc(CCN2CCC[C@@H](c3ccc(Cc4c(F)cccc4F)cn3)C2)cc1. The lowest BCUT2D eigenvalue weighted by atomic mass is 9.93. The van der Waals surface area contributed by atoms with E-state index in [0.29, 0.717) is 5.92 Å². The highest BCUT2D eigenvalue weighted by molar-refractivity contribution is 5.29. The molecule has 0 bridgehead atoms. The van der Waals surface area contributed by atoms with Crippen molar-refractivity contribution in [3.8, 4) is 5.75 Å². The van der Waals surface area contributed by atoms with E-state index in [1.54, 1.807) is 13.3 Å². The van der Waals surface area contributed by atoms with Crippen LogP contribution in [-0.4, -0.2) is 36.6 Å². The Hall–Kier alpha value is -2.79. The van der Waals surface area contributed by atoms with E-state index in [2.05, 4.69) is 22.0 Å². The summed E-state index contributed by atoms with van der Waals surface area (Å²) in [6.07, 6.45) is 5.25. The Morgan fingerprint density at radius 3 is 2.42 bits per heavy atom. The minimum absolute atomic E-state index is 0.0967. The third-order valence-electron chi connectivity index (χ3n) is 6.09. The second kappa shape index (κ2) is 10.0. The molecule has 0 N–H and O–H groups in total. The van der Waals surface area contributed by atoms with Gasteiger partial charge in [0.1, 0.15) is 17.4 Å². The fourth-order valence-corrected chi connectivity index (χ4v) is 4.27. The monoisotopic (exact) mass is 422 g/mol. The highest BCUT2D eigenvalue weighted by Crippen LogP contribution is 2.26. The standard InChI is InChI=1S/C26H28F2N2O/c1-31-22-10-7-19(8-11-22)13-15-30-14-3-4-21(18-30)26-12-9-20(17-29-26)16-23-24(27)5-2-6-25(23)28/h2,5-12,17,21H,3-4,13-16,18H2,1H3/t21-/m1/s1. The average molecular weight is 423 g/mol. The minimum atomic E-state index is -0.510. The van der Waals surface area contributed by atoms with Gasteiger partial charge in [0.25, 0.3) is 0 Å². The number of hydrogen-bond acceptors (Lipinski definition) is 3. The molecule has 162 valence electrons. The summed E-state index contributed by atoms with van der Waals surface area (Å²) in [5.74, 6) is 0.255. The average Bonchev–Trinajstić information content (AvgIpc) is 2.81.